The van der Waals surface area contributed by atoms with Gasteiger partial charge in [0.05, 0.1) is 5.39 Å². The number of rotatable bonds is 5. The van der Waals surface area contributed by atoms with Crippen LogP contribution in [-0.4, -0.2) is 17.1 Å². The van der Waals surface area contributed by atoms with Crippen molar-refractivity contribution in [3.8, 4) is 12.3 Å². The number of aliphatic carboxylic acids is 1. The highest BCUT2D eigenvalue weighted by atomic mass is 16.4. The molecule has 0 amide bonds. The molecule has 0 bridgehead atoms. The maximum Gasteiger partial charge on any atom is 0.320 e. The number of terminal acetylenes is 1. The molecule has 0 fully saturated rings. The molecule has 1 atom stereocenters. The van der Waals surface area contributed by atoms with Crippen molar-refractivity contribution in [1.82, 2.24) is 0 Å². The third-order valence-corrected chi connectivity index (χ3v) is 3.13. The first-order chi connectivity index (χ1) is 10.0. The van der Waals surface area contributed by atoms with Crippen molar-refractivity contribution in [3.05, 3.63) is 45.8 Å². The Hall–Kier alpha value is -2.58. The van der Waals surface area contributed by atoms with Gasteiger partial charge >= 0.3 is 5.97 Å². The minimum absolute atomic E-state index is 0.156. The Morgan fingerprint density at radius 3 is 2.86 bits per heavy atom. The molecule has 1 unspecified atom stereocenters. The third kappa shape index (κ3) is 3.50. The average Bonchev–Trinajstić information content (AvgIpc) is 2.45. The maximum atomic E-state index is 12.1. The second-order valence-corrected chi connectivity index (χ2v) is 4.76. The molecule has 108 valence electrons. The van der Waals surface area contributed by atoms with Crippen LogP contribution in [0.4, 0.5) is 0 Å². The van der Waals surface area contributed by atoms with Crippen LogP contribution in [0.25, 0.3) is 11.0 Å². The van der Waals surface area contributed by atoms with Gasteiger partial charge in [-0.2, -0.15) is 0 Å². The SMILES string of the molecule is C#CCCc1cc(=O)c2cc(CC(N)C(=O)O)ccc2o1. The second kappa shape index (κ2) is 6.25. The molecule has 0 radical (unpaired) electrons. The standard InChI is InChI=1S/C16H15NO4/c1-2-3-4-11-9-14(18)12-7-10(5-6-15(12)21-11)8-13(17)16(19)20/h1,5-7,9,13H,3-4,8,17H2,(H,19,20). The summed E-state index contributed by atoms with van der Waals surface area (Å²) in [5.41, 5.74) is 6.46. The van der Waals surface area contributed by atoms with Crippen LogP contribution in [0.15, 0.2) is 33.5 Å². The molecule has 0 aliphatic rings. The number of carboxylic acids is 1. The summed E-state index contributed by atoms with van der Waals surface area (Å²) in [5.74, 6) is 1.96. The first-order valence-corrected chi connectivity index (χ1v) is 6.49. The molecule has 1 heterocycles. The Morgan fingerprint density at radius 1 is 1.43 bits per heavy atom. The van der Waals surface area contributed by atoms with Gasteiger partial charge in [-0.05, 0) is 24.1 Å². The van der Waals surface area contributed by atoms with Crippen LogP contribution in [0.3, 0.4) is 0 Å². The van der Waals surface area contributed by atoms with Crippen molar-refractivity contribution in [2.45, 2.75) is 25.3 Å². The van der Waals surface area contributed by atoms with Gasteiger partial charge in [-0.25, -0.2) is 0 Å². The van der Waals surface area contributed by atoms with Crippen molar-refractivity contribution in [2.24, 2.45) is 5.73 Å². The number of benzene rings is 1. The molecular formula is C16H15NO4. The summed E-state index contributed by atoms with van der Waals surface area (Å²) < 4.78 is 5.61. The minimum atomic E-state index is -1.08. The lowest BCUT2D eigenvalue weighted by atomic mass is 10.0. The van der Waals surface area contributed by atoms with Gasteiger partial charge in [-0.1, -0.05) is 6.07 Å². The minimum Gasteiger partial charge on any atom is -0.480 e. The van der Waals surface area contributed by atoms with E-state index in [1.807, 2.05) is 0 Å². The van der Waals surface area contributed by atoms with Crippen molar-refractivity contribution < 1.29 is 14.3 Å². The molecule has 0 saturated heterocycles. The van der Waals surface area contributed by atoms with E-state index in [9.17, 15) is 9.59 Å². The number of fused-ring (bicyclic) bond motifs is 1. The highest BCUT2D eigenvalue weighted by Crippen LogP contribution is 2.16. The Balaban J connectivity index is 2.36. The summed E-state index contributed by atoms with van der Waals surface area (Å²) in [7, 11) is 0. The smallest absolute Gasteiger partial charge is 0.320 e. The Morgan fingerprint density at radius 2 is 2.19 bits per heavy atom. The fourth-order valence-corrected chi connectivity index (χ4v) is 2.04. The fourth-order valence-electron chi connectivity index (χ4n) is 2.04. The van der Waals surface area contributed by atoms with E-state index in [0.717, 1.165) is 0 Å². The quantitative estimate of drug-likeness (QED) is 0.808. The van der Waals surface area contributed by atoms with Crippen molar-refractivity contribution in [2.75, 3.05) is 0 Å². The summed E-state index contributed by atoms with van der Waals surface area (Å²) in [6.45, 7) is 0. The van der Waals surface area contributed by atoms with E-state index in [4.69, 9.17) is 21.7 Å². The van der Waals surface area contributed by atoms with Gasteiger partial charge in [0.25, 0.3) is 0 Å². The van der Waals surface area contributed by atoms with Crippen LogP contribution in [0, 0.1) is 12.3 Å². The average molecular weight is 285 g/mol. The van der Waals surface area contributed by atoms with E-state index < -0.39 is 12.0 Å². The Bertz CT molecular complexity index is 770. The van der Waals surface area contributed by atoms with Crippen LogP contribution in [0.2, 0.25) is 0 Å². The van der Waals surface area contributed by atoms with Gasteiger partial charge in [0.2, 0.25) is 0 Å². The number of hydrogen-bond acceptors (Lipinski definition) is 4. The first kappa shape index (κ1) is 14.8. The summed E-state index contributed by atoms with van der Waals surface area (Å²) in [5, 5.41) is 9.22. The van der Waals surface area contributed by atoms with Crippen molar-refractivity contribution >= 4 is 16.9 Å². The summed E-state index contributed by atoms with van der Waals surface area (Å²) in [4.78, 5) is 22.8. The van der Waals surface area contributed by atoms with Gasteiger partial charge in [-0.15, -0.1) is 12.3 Å². The van der Waals surface area contributed by atoms with E-state index in [1.54, 1.807) is 18.2 Å². The molecule has 2 rings (SSSR count). The van der Waals surface area contributed by atoms with E-state index in [1.165, 1.54) is 6.07 Å². The predicted octanol–water partition coefficient (Wildman–Crippen LogP) is 1.31. The van der Waals surface area contributed by atoms with Gasteiger partial charge < -0.3 is 15.3 Å². The van der Waals surface area contributed by atoms with E-state index in [2.05, 4.69) is 5.92 Å². The zero-order chi connectivity index (χ0) is 15.4. The molecule has 3 N–H and O–H groups in total. The molecule has 1 aromatic carbocycles. The normalized spacial score (nSPS) is 12.0. The molecule has 0 saturated carbocycles. The summed E-state index contributed by atoms with van der Waals surface area (Å²) >= 11 is 0. The predicted molar refractivity (Wildman–Crippen MR) is 79.0 cm³/mol. The highest BCUT2D eigenvalue weighted by molar-refractivity contribution is 5.78. The number of carbonyl (C=O) groups is 1. The number of nitrogens with two attached hydrogens (primary N) is 1. The molecule has 5 nitrogen and oxygen atoms in total. The number of carboxylic acid groups (broad SMARTS) is 1. The lowest BCUT2D eigenvalue weighted by Crippen LogP contribution is -2.32. The van der Waals surface area contributed by atoms with Crippen molar-refractivity contribution in [1.29, 1.82) is 0 Å². The number of hydrogen-bond donors (Lipinski definition) is 2. The monoisotopic (exact) mass is 285 g/mol. The van der Waals surface area contributed by atoms with E-state index in [0.29, 0.717) is 35.1 Å². The lowest BCUT2D eigenvalue weighted by Gasteiger charge is -2.07. The van der Waals surface area contributed by atoms with Crippen molar-refractivity contribution in [3.63, 3.8) is 0 Å². The van der Waals surface area contributed by atoms with E-state index in [-0.39, 0.29) is 11.8 Å². The van der Waals surface area contributed by atoms with Crippen LogP contribution >= 0.6 is 0 Å². The third-order valence-electron chi connectivity index (χ3n) is 3.13. The molecule has 0 aliphatic carbocycles. The van der Waals surface area contributed by atoms with Crippen LogP contribution in [-0.2, 0) is 17.6 Å². The van der Waals surface area contributed by atoms with Crippen LogP contribution in [0.1, 0.15) is 17.7 Å². The van der Waals surface area contributed by atoms with Crippen LogP contribution < -0.4 is 11.2 Å². The van der Waals surface area contributed by atoms with E-state index >= 15 is 0 Å². The summed E-state index contributed by atoms with van der Waals surface area (Å²) in [6, 6.07) is 5.40. The molecule has 5 heteroatoms. The Kier molecular flexibility index (Phi) is 4.41. The largest absolute Gasteiger partial charge is 0.480 e. The lowest BCUT2D eigenvalue weighted by molar-refractivity contribution is -0.138. The fraction of sp³-hybridized carbons (Fsp3) is 0.250. The van der Waals surface area contributed by atoms with Gasteiger partial charge in [-0.3, -0.25) is 9.59 Å². The molecule has 0 aliphatic heterocycles. The molecule has 2 aromatic rings. The van der Waals surface area contributed by atoms with Gasteiger partial charge in [0.15, 0.2) is 5.43 Å². The summed E-state index contributed by atoms with van der Waals surface area (Å²) in [6.07, 6.45) is 6.35. The second-order valence-electron chi connectivity index (χ2n) is 4.76. The highest BCUT2D eigenvalue weighted by Gasteiger charge is 2.13. The molecule has 21 heavy (non-hydrogen) atoms. The zero-order valence-electron chi connectivity index (χ0n) is 11.3. The van der Waals surface area contributed by atoms with Crippen LogP contribution in [0.5, 0.6) is 0 Å². The zero-order valence-corrected chi connectivity index (χ0v) is 11.3. The van der Waals surface area contributed by atoms with Gasteiger partial charge in [0.1, 0.15) is 17.4 Å². The molecule has 1 aromatic heterocycles. The number of aryl methyl sites for hydroxylation is 1. The topological polar surface area (TPSA) is 93.5 Å². The molecular weight excluding hydrogens is 270 g/mol. The van der Waals surface area contributed by atoms with Gasteiger partial charge in [0, 0.05) is 18.9 Å². The first-order valence-electron chi connectivity index (χ1n) is 6.49. The Labute approximate surface area is 121 Å². The maximum absolute atomic E-state index is 12.1. The molecule has 0 spiro atoms.